The Labute approximate surface area is 145 Å². The SMILES string of the molecule is CCOC(=O)c1c(C)oc(NS(=O)(=O)c2ccc(C)cc2)c1C(N)=O. The molecule has 0 radical (unpaired) electrons. The lowest BCUT2D eigenvalue weighted by molar-refractivity contribution is 0.0521. The molecule has 0 saturated carbocycles. The summed E-state index contributed by atoms with van der Waals surface area (Å²) < 4.78 is 37.2. The Kier molecular flexibility index (Phi) is 5.17. The summed E-state index contributed by atoms with van der Waals surface area (Å²) in [6.45, 7) is 4.89. The zero-order valence-electron chi connectivity index (χ0n) is 14.0. The molecule has 0 saturated heterocycles. The first-order valence-electron chi connectivity index (χ1n) is 7.37. The van der Waals surface area contributed by atoms with Crippen molar-refractivity contribution >= 4 is 27.8 Å². The second kappa shape index (κ2) is 6.98. The summed E-state index contributed by atoms with van der Waals surface area (Å²) in [6.07, 6.45) is 0. The van der Waals surface area contributed by atoms with Gasteiger partial charge in [-0.05, 0) is 32.9 Å². The maximum atomic E-state index is 12.5. The Balaban J connectivity index is 2.49. The first kappa shape index (κ1) is 18.5. The fourth-order valence-electron chi connectivity index (χ4n) is 2.20. The van der Waals surface area contributed by atoms with Crippen LogP contribution in [-0.4, -0.2) is 26.9 Å². The number of nitrogens with one attached hydrogen (secondary N) is 1. The number of hydrogen-bond donors (Lipinski definition) is 2. The van der Waals surface area contributed by atoms with Gasteiger partial charge in [-0.15, -0.1) is 0 Å². The molecular weight excluding hydrogens is 348 g/mol. The largest absolute Gasteiger partial charge is 0.462 e. The van der Waals surface area contributed by atoms with Gasteiger partial charge >= 0.3 is 5.97 Å². The van der Waals surface area contributed by atoms with E-state index in [1.54, 1.807) is 19.1 Å². The van der Waals surface area contributed by atoms with E-state index in [9.17, 15) is 18.0 Å². The van der Waals surface area contributed by atoms with Crippen molar-refractivity contribution in [1.82, 2.24) is 0 Å². The molecule has 1 aromatic heterocycles. The van der Waals surface area contributed by atoms with Gasteiger partial charge in [-0.1, -0.05) is 17.7 Å². The maximum absolute atomic E-state index is 12.5. The highest BCUT2D eigenvalue weighted by Crippen LogP contribution is 2.29. The van der Waals surface area contributed by atoms with Crippen LogP contribution in [0, 0.1) is 13.8 Å². The standard InChI is InChI=1S/C16H18N2O6S/c1-4-23-16(20)12-10(3)24-15(13(12)14(17)19)18-25(21,22)11-7-5-9(2)6-8-11/h5-8,18H,4H2,1-3H3,(H2,17,19). The van der Waals surface area contributed by atoms with Gasteiger partial charge in [0.2, 0.25) is 5.88 Å². The lowest BCUT2D eigenvalue weighted by Gasteiger charge is -2.07. The van der Waals surface area contributed by atoms with Crippen LogP contribution < -0.4 is 10.5 Å². The fourth-order valence-corrected chi connectivity index (χ4v) is 3.20. The number of carbonyl (C=O) groups is 2. The summed E-state index contributed by atoms with van der Waals surface area (Å²) in [5.74, 6) is -2.23. The van der Waals surface area contributed by atoms with Crippen molar-refractivity contribution in [1.29, 1.82) is 0 Å². The van der Waals surface area contributed by atoms with E-state index in [1.807, 2.05) is 6.92 Å². The Bertz CT molecular complexity index is 913. The average molecular weight is 366 g/mol. The van der Waals surface area contributed by atoms with Crippen LogP contribution in [0.4, 0.5) is 5.88 Å². The Morgan fingerprint density at radius 1 is 1.16 bits per heavy atom. The minimum absolute atomic E-state index is 0.0221. The van der Waals surface area contributed by atoms with Crippen LogP contribution in [0.25, 0.3) is 0 Å². The molecular formula is C16H18N2O6S. The zero-order valence-corrected chi connectivity index (χ0v) is 14.8. The lowest BCUT2D eigenvalue weighted by Crippen LogP contribution is -2.20. The number of amides is 1. The number of sulfonamides is 1. The van der Waals surface area contributed by atoms with Crippen molar-refractivity contribution in [3.05, 3.63) is 46.7 Å². The van der Waals surface area contributed by atoms with Crippen LogP contribution >= 0.6 is 0 Å². The van der Waals surface area contributed by atoms with Gasteiger partial charge in [-0.3, -0.25) is 4.79 Å². The molecule has 0 atom stereocenters. The molecule has 0 bridgehead atoms. The van der Waals surface area contributed by atoms with Crippen molar-refractivity contribution in [3.63, 3.8) is 0 Å². The lowest BCUT2D eigenvalue weighted by atomic mass is 10.1. The van der Waals surface area contributed by atoms with Gasteiger partial charge in [-0.2, -0.15) is 0 Å². The van der Waals surface area contributed by atoms with Crippen LogP contribution in [0.1, 0.15) is 39.0 Å². The third-order valence-electron chi connectivity index (χ3n) is 3.37. The number of rotatable bonds is 6. The summed E-state index contributed by atoms with van der Waals surface area (Å²) in [4.78, 5) is 23.7. The van der Waals surface area contributed by atoms with E-state index in [2.05, 4.69) is 4.72 Å². The summed E-state index contributed by atoms with van der Waals surface area (Å²) >= 11 is 0. The molecule has 2 aromatic rings. The van der Waals surface area contributed by atoms with E-state index in [0.29, 0.717) is 0 Å². The fraction of sp³-hybridized carbons (Fsp3) is 0.250. The molecule has 9 heteroatoms. The number of aryl methyl sites for hydroxylation is 2. The molecule has 1 heterocycles. The number of benzene rings is 1. The Hall–Kier alpha value is -2.81. The van der Waals surface area contributed by atoms with Gasteiger partial charge in [0.1, 0.15) is 16.9 Å². The summed E-state index contributed by atoms with van der Waals surface area (Å²) in [7, 11) is -4.03. The van der Waals surface area contributed by atoms with Gasteiger partial charge in [0, 0.05) is 0 Å². The van der Waals surface area contributed by atoms with Gasteiger partial charge in [0.15, 0.2) is 0 Å². The average Bonchev–Trinajstić information content (AvgIpc) is 2.83. The van der Waals surface area contributed by atoms with Crippen LogP contribution in [0.5, 0.6) is 0 Å². The number of anilines is 1. The van der Waals surface area contributed by atoms with Crippen LogP contribution in [0.3, 0.4) is 0 Å². The van der Waals surface area contributed by atoms with Crippen LogP contribution in [-0.2, 0) is 14.8 Å². The van der Waals surface area contributed by atoms with Gasteiger partial charge in [-0.25, -0.2) is 17.9 Å². The van der Waals surface area contributed by atoms with E-state index in [1.165, 1.54) is 19.1 Å². The van der Waals surface area contributed by atoms with Crippen molar-refractivity contribution in [3.8, 4) is 0 Å². The molecule has 25 heavy (non-hydrogen) atoms. The molecule has 134 valence electrons. The highest BCUT2D eigenvalue weighted by molar-refractivity contribution is 7.92. The minimum atomic E-state index is -4.03. The zero-order chi connectivity index (χ0) is 18.8. The molecule has 0 aliphatic carbocycles. The van der Waals surface area contributed by atoms with E-state index < -0.39 is 27.8 Å². The van der Waals surface area contributed by atoms with E-state index in [-0.39, 0.29) is 28.4 Å². The number of carbonyl (C=O) groups excluding carboxylic acids is 2. The maximum Gasteiger partial charge on any atom is 0.342 e. The van der Waals surface area contributed by atoms with Crippen molar-refractivity contribution in [2.75, 3.05) is 11.3 Å². The predicted molar refractivity (Wildman–Crippen MR) is 89.9 cm³/mol. The molecule has 0 aliphatic rings. The monoisotopic (exact) mass is 366 g/mol. The second-order valence-electron chi connectivity index (χ2n) is 5.24. The molecule has 8 nitrogen and oxygen atoms in total. The first-order valence-corrected chi connectivity index (χ1v) is 8.85. The number of nitrogens with two attached hydrogens (primary N) is 1. The van der Waals surface area contributed by atoms with Gasteiger partial charge in [0.05, 0.1) is 11.5 Å². The molecule has 0 spiro atoms. The summed E-state index contributed by atoms with van der Waals surface area (Å²) in [5, 5.41) is 0. The van der Waals surface area contributed by atoms with Crippen LogP contribution in [0.2, 0.25) is 0 Å². The normalized spacial score (nSPS) is 11.2. The molecule has 1 amide bonds. The number of primary amides is 1. The van der Waals surface area contributed by atoms with E-state index >= 15 is 0 Å². The highest BCUT2D eigenvalue weighted by atomic mass is 32.2. The predicted octanol–water partition coefficient (Wildman–Crippen LogP) is 1.97. The van der Waals surface area contributed by atoms with Crippen molar-refractivity contribution < 1.29 is 27.2 Å². The van der Waals surface area contributed by atoms with Crippen molar-refractivity contribution in [2.45, 2.75) is 25.7 Å². The molecule has 1 aromatic carbocycles. The molecule has 3 N–H and O–H groups in total. The third-order valence-corrected chi connectivity index (χ3v) is 4.72. The first-order chi connectivity index (χ1) is 11.7. The number of esters is 1. The molecule has 0 unspecified atom stereocenters. The highest BCUT2D eigenvalue weighted by Gasteiger charge is 2.30. The van der Waals surface area contributed by atoms with Crippen molar-refractivity contribution in [2.24, 2.45) is 5.73 Å². The van der Waals surface area contributed by atoms with Gasteiger partial charge < -0.3 is 14.9 Å². The summed E-state index contributed by atoms with van der Waals surface area (Å²) in [5.41, 5.74) is 5.62. The second-order valence-corrected chi connectivity index (χ2v) is 6.92. The number of ether oxygens (including phenoxy) is 1. The third kappa shape index (κ3) is 3.82. The Morgan fingerprint density at radius 3 is 2.28 bits per heavy atom. The molecule has 0 fully saturated rings. The minimum Gasteiger partial charge on any atom is -0.462 e. The Morgan fingerprint density at radius 2 is 1.76 bits per heavy atom. The quantitative estimate of drug-likeness (QED) is 0.752. The van der Waals surface area contributed by atoms with E-state index in [0.717, 1.165) is 5.56 Å². The van der Waals surface area contributed by atoms with Gasteiger partial charge in [0.25, 0.3) is 15.9 Å². The van der Waals surface area contributed by atoms with Crippen LogP contribution in [0.15, 0.2) is 33.6 Å². The summed E-state index contributed by atoms with van der Waals surface area (Å²) in [6, 6.07) is 6.06. The number of hydrogen-bond acceptors (Lipinski definition) is 6. The topological polar surface area (TPSA) is 129 Å². The smallest absolute Gasteiger partial charge is 0.342 e. The molecule has 2 rings (SSSR count). The molecule has 0 aliphatic heterocycles. The number of furan rings is 1. The van der Waals surface area contributed by atoms with E-state index in [4.69, 9.17) is 14.9 Å².